The first-order valence-corrected chi connectivity index (χ1v) is 4.61. The maximum absolute atomic E-state index is 12.9. The summed E-state index contributed by atoms with van der Waals surface area (Å²) in [5, 5.41) is 8.82. The minimum absolute atomic E-state index is 0.0799. The number of halogens is 1. The molecule has 2 nitrogen and oxygen atoms in total. The van der Waals surface area contributed by atoms with Gasteiger partial charge in [-0.3, -0.25) is 4.98 Å². The normalized spacial score (nSPS) is 10.3. The summed E-state index contributed by atoms with van der Waals surface area (Å²) in [6.07, 6.45) is 1.63. The van der Waals surface area contributed by atoms with E-state index in [0.717, 1.165) is 11.1 Å². The van der Waals surface area contributed by atoms with E-state index < -0.39 is 0 Å². The molecule has 0 saturated carbocycles. The van der Waals surface area contributed by atoms with Crippen LogP contribution in [0.1, 0.15) is 5.69 Å². The lowest BCUT2D eigenvalue weighted by Crippen LogP contribution is -1.88. The quantitative estimate of drug-likeness (QED) is 0.812. The van der Waals surface area contributed by atoms with E-state index in [4.69, 9.17) is 5.11 Å². The van der Waals surface area contributed by atoms with Gasteiger partial charge in [0.1, 0.15) is 5.82 Å². The molecule has 0 saturated heterocycles. The molecule has 1 aromatic heterocycles. The predicted molar refractivity (Wildman–Crippen MR) is 55.6 cm³/mol. The molecular weight excluding hydrogens is 193 g/mol. The number of rotatable bonds is 2. The van der Waals surface area contributed by atoms with Crippen LogP contribution in [0.3, 0.4) is 0 Å². The molecule has 0 aliphatic rings. The summed E-state index contributed by atoms with van der Waals surface area (Å²) in [5.74, 6) is -0.265. The second-order valence-electron chi connectivity index (χ2n) is 3.21. The molecule has 0 bridgehead atoms. The van der Waals surface area contributed by atoms with Crippen molar-refractivity contribution in [2.75, 3.05) is 0 Å². The molecule has 2 rings (SSSR count). The van der Waals surface area contributed by atoms with Crippen LogP contribution in [0.15, 0.2) is 42.6 Å². The minimum atomic E-state index is -0.265. The van der Waals surface area contributed by atoms with Crippen LogP contribution >= 0.6 is 0 Å². The third-order valence-electron chi connectivity index (χ3n) is 2.14. The summed E-state index contributed by atoms with van der Waals surface area (Å²) >= 11 is 0. The standard InChI is InChI=1S/C12H10FNO/c13-11-3-1-2-9(6-11)10-4-5-12(8-15)14-7-10/h1-7,15H,8H2. The smallest absolute Gasteiger partial charge is 0.123 e. The summed E-state index contributed by atoms with van der Waals surface area (Å²) in [5.41, 5.74) is 2.23. The maximum Gasteiger partial charge on any atom is 0.123 e. The lowest BCUT2D eigenvalue weighted by atomic mass is 10.1. The fourth-order valence-corrected chi connectivity index (χ4v) is 1.36. The molecule has 76 valence electrons. The number of aliphatic hydroxyl groups excluding tert-OH is 1. The van der Waals surface area contributed by atoms with E-state index in [2.05, 4.69) is 4.98 Å². The Morgan fingerprint density at radius 3 is 2.60 bits per heavy atom. The molecular formula is C12H10FNO. The molecule has 0 aliphatic heterocycles. The Morgan fingerprint density at radius 2 is 2.00 bits per heavy atom. The van der Waals surface area contributed by atoms with Crippen molar-refractivity contribution in [1.82, 2.24) is 4.98 Å². The second-order valence-corrected chi connectivity index (χ2v) is 3.21. The van der Waals surface area contributed by atoms with Crippen molar-refractivity contribution in [2.45, 2.75) is 6.61 Å². The van der Waals surface area contributed by atoms with E-state index in [1.165, 1.54) is 12.1 Å². The Morgan fingerprint density at radius 1 is 1.13 bits per heavy atom. The number of benzene rings is 1. The Kier molecular flexibility index (Phi) is 2.74. The molecule has 3 heteroatoms. The van der Waals surface area contributed by atoms with Gasteiger partial charge in [0.15, 0.2) is 0 Å². The lowest BCUT2D eigenvalue weighted by molar-refractivity contribution is 0.277. The van der Waals surface area contributed by atoms with Crippen LogP contribution in [0.2, 0.25) is 0 Å². The Balaban J connectivity index is 2.37. The molecule has 1 aromatic carbocycles. The zero-order valence-electron chi connectivity index (χ0n) is 8.02. The van der Waals surface area contributed by atoms with Gasteiger partial charge in [-0.15, -0.1) is 0 Å². The third-order valence-corrected chi connectivity index (χ3v) is 2.14. The number of aliphatic hydroxyl groups is 1. The number of nitrogens with zero attached hydrogens (tertiary/aromatic N) is 1. The van der Waals surface area contributed by atoms with Crippen molar-refractivity contribution in [3.05, 3.63) is 54.1 Å². The van der Waals surface area contributed by atoms with Gasteiger partial charge in [-0.2, -0.15) is 0 Å². The molecule has 15 heavy (non-hydrogen) atoms. The van der Waals surface area contributed by atoms with Crippen LogP contribution in [0.4, 0.5) is 4.39 Å². The molecule has 0 aliphatic carbocycles. The van der Waals surface area contributed by atoms with Gasteiger partial charge < -0.3 is 5.11 Å². The first-order chi connectivity index (χ1) is 7.29. The highest BCUT2D eigenvalue weighted by Gasteiger charge is 1.99. The van der Waals surface area contributed by atoms with Crippen molar-refractivity contribution in [2.24, 2.45) is 0 Å². The van der Waals surface area contributed by atoms with Crippen molar-refractivity contribution < 1.29 is 9.50 Å². The molecule has 1 heterocycles. The summed E-state index contributed by atoms with van der Waals surface area (Å²) < 4.78 is 12.9. The number of aromatic nitrogens is 1. The van der Waals surface area contributed by atoms with Crippen LogP contribution < -0.4 is 0 Å². The average Bonchev–Trinajstić information content (AvgIpc) is 2.29. The van der Waals surface area contributed by atoms with Crippen molar-refractivity contribution >= 4 is 0 Å². The average molecular weight is 203 g/mol. The van der Waals surface area contributed by atoms with E-state index in [9.17, 15) is 4.39 Å². The maximum atomic E-state index is 12.9. The molecule has 2 aromatic rings. The molecule has 0 spiro atoms. The zero-order valence-corrected chi connectivity index (χ0v) is 8.02. The number of hydrogen-bond acceptors (Lipinski definition) is 2. The molecule has 1 N–H and O–H groups in total. The molecule has 0 radical (unpaired) electrons. The van der Waals surface area contributed by atoms with E-state index >= 15 is 0 Å². The van der Waals surface area contributed by atoms with Crippen LogP contribution in [-0.2, 0) is 6.61 Å². The van der Waals surface area contributed by atoms with Crippen LogP contribution in [0, 0.1) is 5.82 Å². The van der Waals surface area contributed by atoms with Gasteiger partial charge in [0, 0.05) is 11.8 Å². The highest BCUT2D eigenvalue weighted by Crippen LogP contribution is 2.19. The van der Waals surface area contributed by atoms with Gasteiger partial charge in [-0.1, -0.05) is 18.2 Å². The first-order valence-electron chi connectivity index (χ1n) is 4.61. The van der Waals surface area contributed by atoms with Crippen molar-refractivity contribution in [3.63, 3.8) is 0 Å². The van der Waals surface area contributed by atoms with E-state index in [1.54, 1.807) is 18.3 Å². The Labute approximate surface area is 87.0 Å². The van der Waals surface area contributed by atoms with E-state index in [1.807, 2.05) is 12.1 Å². The van der Waals surface area contributed by atoms with Gasteiger partial charge in [-0.05, 0) is 23.8 Å². The zero-order chi connectivity index (χ0) is 10.7. The molecule has 0 unspecified atom stereocenters. The molecule has 0 atom stereocenters. The fourth-order valence-electron chi connectivity index (χ4n) is 1.36. The van der Waals surface area contributed by atoms with Crippen LogP contribution in [0.5, 0.6) is 0 Å². The van der Waals surface area contributed by atoms with E-state index in [-0.39, 0.29) is 12.4 Å². The number of pyridine rings is 1. The lowest BCUT2D eigenvalue weighted by Gasteiger charge is -2.02. The predicted octanol–water partition coefficient (Wildman–Crippen LogP) is 2.38. The highest BCUT2D eigenvalue weighted by molar-refractivity contribution is 5.62. The summed E-state index contributed by atoms with van der Waals surface area (Å²) in [4.78, 5) is 4.03. The summed E-state index contributed by atoms with van der Waals surface area (Å²) in [6.45, 7) is -0.0799. The first kappa shape index (κ1) is 9.80. The Bertz CT molecular complexity index is 453. The summed E-state index contributed by atoms with van der Waals surface area (Å²) in [7, 11) is 0. The molecule has 0 fully saturated rings. The van der Waals surface area contributed by atoms with Gasteiger partial charge in [0.25, 0.3) is 0 Å². The highest BCUT2D eigenvalue weighted by atomic mass is 19.1. The SMILES string of the molecule is OCc1ccc(-c2cccc(F)c2)cn1. The van der Waals surface area contributed by atoms with Crippen LogP contribution in [0.25, 0.3) is 11.1 Å². The molecule has 0 amide bonds. The van der Waals surface area contributed by atoms with Crippen LogP contribution in [-0.4, -0.2) is 10.1 Å². The van der Waals surface area contributed by atoms with Gasteiger partial charge in [0.05, 0.1) is 12.3 Å². The summed E-state index contributed by atoms with van der Waals surface area (Å²) in [6, 6.07) is 9.87. The van der Waals surface area contributed by atoms with Gasteiger partial charge in [0.2, 0.25) is 0 Å². The Hall–Kier alpha value is -1.74. The third kappa shape index (κ3) is 2.19. The fraction of sp³-hybridized carbons (Fsp3) is 0.0833. The topological polar surface area (TPSA) is 33.1 Å². The largest absolute Gasteiger partial charge is 0.390 e. The second kappa shape index (κ2) is 4.19. The number of hydrogen-bond donors (Lipinski definition) is 1. The van der Waals surface area contributed by atoms with Gasteiger partial charge in [-0.25, -0.2) is 4.39 Å². The minimum Gasteiger partial charge on any atom is -0.390 e. The van der Waals surface area contributed by atoms with Crippen molar-refractivity contribution in [1.29, 1.82) is 0 Å². The monoisotopic (exact) mass is 203 g/mol. The van der Waals surface area contributed by atoms with Crippen molar-refractivity contribution in [3.8, 4) is 11.1 Å². The van der Waals surface area contributed by atoms with Gasteiger partial charge >= 0.3 is 0 Å². The van der Waals surface area contributed by atoms with E-state index in [0.29, 0.717) is 5.69 Å².